The molecule has 0 saturated carbocycles. The van der Waals surface area contributed by atoms with Gasteiger partial charge in [-0.05, 0) is 26.3 Å². The van der Waals surface area contributed by atoms with Gasteiger partial charge in [-0.25, -0.2) is 9.59 Å². The predicted molar refractivity (Wildman–Crippen MR) is 90.0 cm³/mol. The van der Waals surface area contributed by atoms with Crippen LogP contribution in [-0.2, 0) is 14.3 Å². The third-order valence-corrected chi connectivity index (χ3v) is 3.71. The Labute approximate surface area is 145 Å². The van der Waals surface area contributed by atoms with Gasteiger partial charge in [0, 0.05) is 11.3 Å². The summed E-state index contributed by atoms with van der Waals surface area (Å²) in [5, 5.41) is 0. The van der Waals surface area contributed by atoms with Crippen LogP contribution < -0.4 is 5.73 Å². The Morgan fingerprint density at radius 2 is 1.76 bits per heavy atom. The molecule has 0 bridgehead atoms. The highest BCUT2D eigenvalue weighted by Gasteiger charge is 2.28. The van der Waals surface area contributed by atoms with E-state index in [-0.39, 0.29) is 17.9 Å². The molecule has 7 heteroatoms. The van der Waals surface area contributed by atoms with Crippen molar-refractivity contribution >= 4 is 17.8 Å². The number of hydrogen-bond acceptors (Lipinski definition) is 5. The Balaban J connectivity index is 2.31. The van der Waals surface area contributed by atoms with Crippen LogP contribution in [0.5, 0.6) is 0 Å². The van der Waals surface area contributed by atoms with E-state index in [9.17, 15) is 14.4 Å². The molecule has 0 unspecified atom stereocenters. The van der Waals surface area contributed by atoms with Crippen molar-refractivity contribution in [2.45, 2.75) is 26.9 Å². The maximum absolute atomic E-state index is 12.6. The number of aromatic amines is 1. The molecule has 1 atom stereocenters. The van der Waals surface area contributed by atoms with E-state index >= 15 is 0 Å². The summed E-state index contributed by atoms with van der Waals surface area (Å²) in [6, 6.07) is 8.48. The molecular formula is C18H20N2O5. The SMILES string of the molecule is CCOC(=O)c1[nH]c(C)c(C(=O)O[C@@H](C(N)=O)c2ccccc2)c1C. The molecular weight excluding hydrogens is 324 g/mol. The number of primary amides is 1. The molecule has 1 amide bonds. The average molecular weight is 344 g/mol. The molecule has 2 aromatic rings. The van der Waals surface area contributed by atoms with E-state index in [0.717, 1.165) is 0 Å². The second kappa shape index (κ2) is 7.65. The summed E-state index contributed by atoms with van der Waals surface area (Å²) in [6.07, 6.45) is -1.21. The molecule has 0 radical (unpaired) electrons. The van der Waals surface area contributed by atoms with Crippen LogP contribution in [0.2, 0.25) is 0 Å². The van der Waals surface area contributed by atoms with Gasteiger partial charge in [0.1, 0.15) is 5.69 Å². The Kier molecular flexibility index (Phi) is 5.59. The Bertz CT molecular complexity index is 795. The third-order valence-electron chi connectivity index (χ3n) is 3.71. The number of amides is 1. The van der Waals surface area contributed by atoms with Crippen LogP contribution in [0.15, 0.2) is 30.3 Å². The highest BCUT2D eigenvalue weighted by Crippen LogP contribution is 2.24. The van der Waals surface area contributed by atoms with Gasteiger partial charge in [-0.1, -0.05) is 30.3 Å². The smallest absolute Gasteiger partial charge is 0.355 e. The zero-order valence-corrected chi connectivity index (χ0v) is 14.3. The number of esters is 2. The van der Waals surface area contributed by atoms with Gasteiger partial charge in [0.25, 0.3) is 5.91 Å². The van der Waals surface area contributed by atoms with E-state index in [2.05, 4.69) is 4.98 Å². The summed E-state index contributed by atoms with van der Waals surface area (Å²) >= 11 is 0. The number of nitrogens with one attached hydrogen (secondary N) is 1. The van der Waals surface area contributed by atoms with Crippen molar-refractivity contribution in [1.29, 1.82) is 0 Å². The minimum atomic E-state index is -1.21. The predicted octanol–water partition coefficient (Wildman–Crippen LogP) is 2.19. The van der Waals surface area contributed by atoms with Crippen LogP contribution in [0, 0.1) is 13.8 Å². The summed E-state index contributed by atoms with van der Waals surface area (Å²) in [5.74, 6) is -2.08. The van der Waals surface area contributed by atoms with Gasteiger partial charge in [-0.3, -0.25) is 4.79 Å². The second-order valence-electron chi connectivity index (χ2n) is 5.44. The van der Waals surface area contributed by atoms with E-state index in [1.54, 1.807) is 51.1 Å². The normalized spacial score (nSPS) is 11.6. The molecule has 0 spiro atoms. The van der Waals surface area contributed by atoms with Crippen molar-refractivity contribution in [2.75, 3.05) is 6.61 Å². The van der Waals surface area contributed by atoms with Crippen molar-refractivity contribution in [1.82, 2.24) is 4.98 Å². The van der Waals surface area contributed by atoms with Gasteiger partial charge in [-0.15, -0.1) is 0 Å². The highest BCUT2D eigenvalue weighted by molar-refractivity contribution is 5.99. The number of aromatic nitrogens is 1. The monoisotopic (exact) mass is 344 g/mol. The number of benzene rings is 1. The number of nitrogens with two attached hydrogens (primary N) is 1. The van der Waals surface area contributed by atoms with E-state index in [1.807, 2.05) is 0 Å². The van der Waals surface area contributed by atoms with Crippen LogP contribution in [0.4, 0.5) is 0 Å². The largest absolute Gasteiger partial charge is 0.461 e. The lowest BCUT2D eigenvalue weighted by Crippen LogP contribution is -2.26. The van der Waals surface area contributed by atoms with Crippen molar-refractivity contribution in [2.24, 2.45) is 5.73 Å². The molecule has 0 saturated heterocycles. The van der Waals surface area contributed by atoms with Gasteiger partial charge >= 0.3 is 11.9 Å². The fraction of sp³-hybridized carbons (Fsp3) is 0.278. The van der Waals surface area contributed by atoms with E-state index in [4.69, 9.17) is 15.2 Å². The number of carbonyl (C=O) groups excluding carboxylic acids is 3. The number of H-pyrrole nitrogens is 1. The number of hydrogen-bond donors (Lipinski definition) is 2. The van der Waals surface area contributed by atoms with Gasteiger partial charge in [0.15, 0.2) is 0 Å². The minimum Gasteiger partial charge on any atom is -0.461 e. The number of carbonyl (C=O) groups is 3. The number of ether oxygens (including phenoxy) is 2. The number of rotatable bonds is 6. The van der Waals surface area contributed by atoms with Gasteiger partial charge < -0.3 is 20.2 Å². The topological polar surface area (TPSA) is 111 Å². The molecule has 0 aliphatic rings. The first kappa shape index (κ1) is 18.3. The zero-order chi connectivity index (χ0) is 18.6. The minimum absolute atomic E-state index is 0.182. The molecule has 25 heavy (non-hydrogen) atoms. The molecule has 1 heterocycles. The van der Waals surface area contributed by atoms with Crippen molar-refractivity contribution in [3.8, 4) is 0 Å². The molecule has 2 rings (SSSR count). The first-order chi connectivity index (χ1) is 11.9. The third kappa shape index (κ3) is 3.88. The lowest BCUT2D eigenvalue weighted by molar-refractivity contribution is -0.127. The Morgan fingerprint density at radius 3 is 2.32 bits per heavy atom. The zero-order valence-electron chi connectivity index (χ0n) is 14.3. The van der Waals surface area contributed by atoms with Crippen molar-refractivity contribution in [3.05, 3.63) is 58.4 Å². The Morgan fingerprint density at radius 1 is 1.12 bits per heavy atom. The van der Waals surface area contributed by atoms with Gasteiger partial charge in [-0.2, -0.15) is 0 Å². The fourth-order valence-electron chi connectivity index (χ4n) is 2.55. The van der Waals surface area contributed by atoms with Crippen LogP contribution in [-0.4, -0.2) is 29.4 Å². The maximum atomic E-state index is 12.6. The highest BCUT2D eigenvalue weighted by atomic mass is 16.5. The summed E-state index contributed by atoms with van der Waals surface area (Å²) in [5.41, 5.74) is 7.05. The molecule has 7 nitrogen and oxygen atoms in total. The van der Waals surface area contributed by atoms with Gasteiger partial charge in [0.2, 0.25) is 6.10 Å². The van der Waals surface area contributed by atoms with Crippen molar-refractivity contribution < 1.29 is 23.9 Å². The Hall–Kier alpha value is -3.09. The summed E-state index contributed by atoms with van der Waals surface area (Å²) in [6.45, 7) is 5.14. The molecule has 0 aliphatic carbocycles. The van der Waals surface area contributed by atoms with Crippen LogP contribution >= 0.6 is 0 Å². The quantitative estimate of drug-likeness (QED) is 0.780. The summed E-state index contributed by atoms with van der Waals surface area (Å²) in [4.78, 5) is 39.0. The molecule has 3 N–H and O–H groups in total. The number of aryl methyl sites for hydroxylation is 1. The maximum Gasteiger partial charge on any atom is 0.355 e. The molecule has 1 aromatic carbocycles. The molecule has 0 fully saturated rings. The lowest BCUT2D eigenvalue weighted by Gasteiger charge is -2.15. The first-order valence-electron chi connectivity index (χ1n) is 7.78. The fourth-order valence-corrected chi connectivity index (χ4v) is 2.55. The first-order valence-corrected chi connectivity index (χ1v) is 7.78. The standard InChI is InChI=1S/C18H20N2O5/c1-4-24-18(23)14-10(2)13(11(3)20-14)17(22)25-15(16(19)21)12-8-6-5-7-9-12/h5-9,15,20H,4H2,1-3H3,(H2,19,21)/t15-/m1/s1. The van der Waals surface area contributed by atoms with Crippen molar-refractivity contribution in [3.63, 3.8) is 0 Å². The molecule has 132 valence electrons. The molecule has 1 aromatic heterocycles. The van der Waals surface area contributed by atoms with Crippen LogP contribution in [0.3, 0.4) is 0 Å². The van der Waals surface area contributed by atoms with E-state index in [0.29, 0.717) is 16.8 Å². The van der Waals surface area contributed by atoms with Crippen LogP contribution in [0.25, 0.3) is 0 Å². The lowest BCUT2D eigenvalue weighted by atomic mass is 10.1. The summed E-state index contributed by atoms with van der Waals surface area (Å²) < 4.78 is 10.3. The average Bonchev–Trinajstić information content (AvgIpc) is 2.88. The van der Waals surface area contributed by atoms with E-state index in [1.165, 1.54) is 0 Å². The summed E-state index contributed by atoms with van der Waals surface area (Å²) in [7, 11) is 0. The van der Waals surface area contributed by atoms with E-state index < -0.39 is 23.9 Å². The molecule has 0 aliphatic heterocycles. The second-order valence-corrected chi connectivity index (χ2v) is 5.44. The van der Waals surface area contributed by atoms with Crippen LogP contribution in [0.1, 0.15) is 50.7 Å². The van der Waals surface area contributed by atoms with Gasteiger partial charge in [0.05, 0.1) is 12.2 Å².